The molecule has 2 aliphatic heterocycles. The average molecular weight is 493 g/mol. The number of nitrogens with two attached hydrogens (primary N) is 1. The first kappa shape index (κ1) is 24.2. The van der Waals surface area contributed by atoms with E-state index in [-0.39, 0.29) is 29.6 Å². The Balaban J connectivity index is 1.23. The van der Waals surface area contributed by atoms with E-state index < -0.39 is 11.6 Å². The lowest BCUT2D eigenvalue weighted by molar-refractivity contribution is 0.0644. The summed E-state index contributed by atoms with van der Waals surface area (Å²) in [6.45, 7) is 3.77. The molecular formula is C28H30F2N4O2. The molecule has 2 aliphatic rings. The van der Waals surface area contributed by atoms with Gasteiger partial charge in [-0.2, -0.15) is 0 Å². The van der Waals surface area contributed by atoms with E-state index in [4.69, 9.17) is 10.5 Å². The fourth-order valence-corrected chi connectivity index (χ4v) is 5.07. The van der Waals surface area contributed by atoms with Crippen LogP contribution in [0.3, 0.4) is 0 Å². The topological polar surface area (TPSA) is 71.7 Å². The molecule has 5 rings (SSSR count). The molecule has 0 atom stereocenters. The fourth-order valence-electron chi connectivity index (χ4n) is 5.07. The number of nitrogen functional groups attached to an aromatic ring is 1. The molecular weight excluding hydrogens is 462 g/mol. The number of nitrogens with zero attached hydrogens (tertiary/aromatic N) is 3. The van der Waals surface area contributed by atoms with Crippen LogP contribution in [0, 0.1) is 11.6 Å². The zero-order chi connectivity index (χ0) is 25.1. The fraction of sp³-hybridized carbons (Fsp3) is 0.357. The van der Waals surface area contributed by atoms with Crippen LogP contribution in [0.25, 0.3) is 11.1 Å². The minimum absolute atomic E-state index is 0.0537. The number of hydrogen-bond donors (Lipinski definition) is 1. The van der Waals surface area contributed by atoms with Crippen molar-refractivity contribution in [1.29, 1.82) is 0 Å². The molecule has 0 aliphatic carbocycles. The Kier molecular flexibility index (Phi) is 7.13. The number of halogens is 2. The molecule has 36 heavy (non-hydrogen) atoms. The molecule has 6 nitrogen and oxygen atoms in total. The molecule has 0 saturated carbocycles. The lowest BCUT2D eigenvalue weighted by Gasteiger charge is -2.36. The van der Waals surface area contributed by atoms with Gasteiger partial charge in [0.05, 0.1) is 0 Å². The maximum absolute atomic E-state index is 13.9. The zero-order valence-electron chi connectivity index (χ0n) is 20.1. The first-order valence-corrected chi connectivity index (χ1v) is 12.4. The molecule has 8 heteroatoms. The summed E-state index contributed by atoms with van der Waals surface area (Å²) in [6, 6.07) is 13.6. The summed E-state index contributed by atoms with van der Waals surface area (Å²) in [6.07, 6.45) is 6.25. The van der Waals surface area contributed by atoms with Crippen molar-refractivity contribution in [3.63, 3.8) is 0 Å². The SMILES string of the molecule is Nc1ncc(-c2ccc(C(=O)N3CCC(N4CCCC4)CC3)cc2)cc1OCc1cccc(F)c1F. The van der Waals surface area contributed by atoms with Crippen molar-refractivity contribution >= 4 is 11.7 Å². The summed E-state index contributed by atoms with van der Waals surface area (Å²) >= 11 is 0. The minimum atomic E-state index is -0.944. The van der Waals surface area contributed by atoms with Gasteiger partial charge in [-0.15, -0.1) is 0 Å². The summed E-state index contributed by atoms with van der Waals surface area (Å²) in [7, 11) is 0. The van der Waals surface area contributed by atoms with Crippen molar-refractivity contribution in [1.82, 2.24) is 14.8 Å². The van der Waals surface area contributed by atoms with Gasteiger partial charge < -0.3 is 20.3 Å². The number of anilines is 1. The highest BCUT2D eigenvalue weighted by molar-refractivity contribution is 5.94. The molecule has 0 radical (unpaired) electrons. The van der Waals surface area contributed by atoms with Crippen molar-refractivity contribution in [2.24, 2.45) is 0 Å². The van der Waals surface area contributed by atoms with Gasteiger partial charge in [0.2, 0.25) is 0 Å². The van der Waals surface area contributed by atoms with Crippen molar-refractivity contribution in [3.8, 4) is 16.9 Å². The number of amides is 1. The third-order valence-corrected chi connectivity index (χ3v) is 7.17. The number of benzene rings is 2. The van der Waals surface area contributed by atoms with E-state index >= 15 is 0 Å². The standard InChI is InChI=1S/C28H30F2N4O2/c29-24-5-3-4-21(26(24)30)18-36-25-16-22(17-32-27(25)31)19-6-8-20(9-7-19)28(35)34-14-10-23(11-15-34)33-12-1-2-13-33/h3-9,16-17,23H,1-2,10-15,18H2,(H2,31,32). The molecule has 1 amide bonds. The smallest absolute Gasteiger partial charge is 0.253 e. The van der Waals surface area contributed by atoms with Crippen molar-refractivity contribution in [2.45, 2.75) is 38.3 Å². The second kappa shape index (κ2) is 10.6. The van der Waals surface area contributed by atoms with Crippen molar-refractivity contribution in [3.05, 3.63) is 77.5 Å². The summed E-state index contributed by atoms with van der Waals surface area (Å²) < 4.78 is 33.1. The van der Waals surface area contributed by atoms with Crippen LogP contribution in [0.15, 0.2) is 54.7 Å². The van der Waals surface area contributed by atoms with Crippen LogP contribution in [-0.2, 0) is 6.61 Å². The predicted molar refractivity (Wildman–Crippen MR) is 135 cm³/mol. The summed E-state index contributed by atoms with van der Waals surface area (Å²) in [4.78, 5) is 21.8. The van der Waals surface area contributed by atoms with Gasteiger partial charge >= 0.3 is 0 Å². The Bertz CT molecular complexity index is 1220. The van der Waals surface area contributed by atoms with E-state index in [1.165, 1.54) is 38.1 Å². The Hall–Kier alpha value is -3.52. The Labute approximate surface area is 209 Å². The van der Waals surface area contributed by atoms with Crippen LogP contribution < -0.4 is 10.5 Å². The van der Waals surface area contributed by atoms with Gasteiger partial charge in [0.25, 0.3) is 5.91 Å². The lowest BCUT2D eigenvalue weighted by Crippen LogP contribution is -2.45. The Morgan fingerprint density at radius 1 is 1.00 bits per heavy atom. The number of piperidine rings is 1. The number of aromatic nitrogens is 1. The second-order valence-corrected chi connectivity index (χ2v) is 9.45. The number of pyridine rings is 1. The van der Waals surface area contributed by atoms with Gasteiger partial charge in [-0.25, -0.2) is 13.8 Å². The summed E-state index contributed by atoms with van der Waals surface area (Å²) in [5.74, 6) is -1.39. The summed E-state index contributed by atoms with van der Waals surface area (Å²) in [5.41, 5.74) is 8.26. The molecule has 0 unspecified atom stereocenters. The van der Waals surface area contributed by atoms with E-state index in [1.807, 2.05) is 29.2 Å². The maximum atomic E-state index is 13.9. The number of ether oxygens (including phenoxy) is 1. The molecule has 3 heterocycles. The lowest BCUT2D eigenvalue weighted by atomic mass is 10.0. The van der Waals surface area contributed by atoms with Crippen LogP contribution in [-0.4, -0.2) is 52.9 Å². The first-order chi connectivity index (χ1) is 17.5. The molecule has 0 bridgehead atoms. The zero-order valence-corrected chi connectivity index (χ0v) is 20.1. The molecule has 1 aromatic heterocycles. The maximum Gasteiger partial charge on any atom is 0.253 e. The van der Waals surface area contributed by atoms with E-state index in [0.29, 0.717) is 11.6 Å². The average Bonchev–Trinajstić information content (AvgIpc) is 3.45. The van der Waals surface area contributed by atoms with E-state index in [1.54, 1.807) is 12.3 Å². The third kappa shape index (κ3) is 5.18. The van der Waals surface area contributed by atoms with E-state index in [9.17, 15) is 13.6 Å². The largest absolute Gasteiger partial charge is 0.485 e. The van der Waals surface area contributed by atoms with Crippen molar-refractivity contribution < 1.29 is 18.3 Å². The molecule has 188 valence electrons. The number of likely N-dealkylation sites (tertiary alicyclic amines) is 2. The van der Waals surface area contributed by atoms with E-state index in [2.05, 4.69) is 9.88 Å². The molecule has 0 spiro atoms. The molecule has 2 fully saturated rings. The minimum Gasteiger partial charge on any atom is -0.485 e. The predicted octanol–water partition coefficient (Wildman–Crippen LogP) is 4.89. The van der Waals surface area contributed by atoms with Crippen LogP contribution in [0.4, 0.5) is 14.6 Å². The highest BCUT2D eigenvalue weighted by atomic mass is 19.2. The van der Waals surface area contributed by atoms with Crippen LogP contribution >= 0.6 is 0 Å². The quantitative estimate of drug-likeness (QED) is 0.531. The molecule has 3 aromatic rings. The molecule has 2 N–H and O–H groups in total. The van der Waals surface area contributed by atoms with Crippen LogP contribution in [0.1, 0.15) is 41.6 Å². The third-order valence-electron chi connectivity index (χ3n) is 7.17. The second-order valence-electron chi connectivity index (χ2n) is 9.45. The highest BCUT2D eigenvalue weighted by Crippen LogP contribution is 2.29. The normalized spacial score (nSPS) is 16.9. The molecule has 2 saturated heterocycles. The number of hydrogen-bond acceptors (Lipinski definition) is 5. The monoisotopic (exact) mass is 492 g/mol. The number of rotatable bonds is 6. The van der Waals surface area contributed by atoms with Gasteiger partial charge in [-0.3, -0.25) is 4.79 Å². The summed E-state index contributed by atoms with van der Waals surface area (Å²) in [5, 5.41) is 0. The van der Waals surface area contributed by atoms with Gasteiger partial charge in [0, 0.05) is 42.0 Å². The van der Waals surface area contributed by atoms with Crippen molar-refractivity contribution in [2.75, 3.05) is 31.9 Å². The first-order valence-electron chi connectivity index (χ1n) is 12.4. The van der Waals surface area contributed by atoms with Gasteiger partial charge in [-0.05, 0) is 68.6 Å². The van der Waals surface area contributed by atoms with Crippen LogP contribution in [0.5, 0.6) is 5.75 Å². The molecule has 2 aromatic carbocycles. The van der Waals surface area contributed by atoms with Gasteiger partial charge in [0.15, 0.2) is 23.2 Å². The Morgan fingerprint density at radius 3 is 2.44 bits per heavy atom. The number of carbonyl (C=O) groups excluding carboxylic acids is 1. The van der Waals surface area contributed by atoms with Gasteiger partial charge in [-0.1, -0.05) is 24.3 Å². The van der Waals surface area contributed by atoms with E-state index in [0.717, 1.165) is 43.1 Å². The highest BCUT2D eigenvalue weighted by Gasteiger charge is 2.28. The van der Waals surface area contributed by atoms with Gasteiger partial charge in [0.1, 0.15) is 6.61 Å². The number of carbonyl (C=O) groups is 1. The Morgan fingerprint density at radius 2 is 1.72 bits per heavy atom. The van der Waals surface area contributed by atoms with Crippen LogP contribution in [0.2, 0.25) is 0 Å².